The maximum atomic E-state index is 13.1. The normalized spacial score (nSPS) is 11.1. The van der Waals surface area contributed by atoms with Crippen molar-refractivity contribution in [3.8, 4) is 0 Å². The standard InChI is InChI=1S/C22H21N3O3/c1-3-28-22(27)19-15-23-25(2)20(19)24-21(26)18(17-12-8-5-9-13-17)14-16-10-6-4-7-11-16/h4-15H,3H2,1-2H3,(H,24,26)/b18-14-. The van der Waals surface area contributed by atoms with Crippen LogP contribution in [0.25, 0.3) is 11.6 Å². The number of rotatable bonds is 6. The third-order valence-electron chi connectivity index (χ3n) is 4.11. The number of nitrogens with one attached hydrogen (secondary N) is 1. The summed E-state index contributed by atoms with van der Waals surface area (Å²) in [6.45, 7) is 1.97. The predicted octanol–water partition coefficient (Wildman–Crippen LogP) is 3.78. The van der Waals surface area contributed by atoms with E-state index in [1.807, 2.05) is 66.7 Å². The quantitative estimate of drug-likeness (QED) is 0.404. The molecule has 1 N–H and O–H groups in total. The lowest BCUT2D eigenvalue weighted by molar-refractivity contribution is -0.111. The summed E-state index contributed by atoms with van der Waals surface area (Å²) in [4.78, 5) is 25.3. The van der Waals surface area contributed by atoms with E-state index in [-0.39, 0.29) is 18.1 Å². The second-order valence-electron chi connectivity index (χ2n) is 6.04. The minimum Gasteiger partial charge on any atom is -0.462 e. The van der Waals surface area contributed by atoms with E-state index in [1.54, 1.807) is 14.0 Å². The van der Waals surface area contributed by atoms with Crippen molar-refractivity contribution in [2.45, 2.75) is 6.92 Å². The first kappa shape index (κ1) is 19.1. The van der Waals surface area contributed by atoms with Crippen molar-refractivity contribution in [2.24, 2.45) is 7.05 Å². The first-order valence-electron chi connectivity index (χ1n) is 8.92. The van der Waals surface area contributed by atoms with Crippen LogP contribution in [0.2, 0.25) is 0 Å². The van der Waals surface area contributed by atoms with Gasteiger partial charge in [0.25, 0.3) is 5.91 Å². The fourth-order valence-electron chi connectivity index (χ4n) is 2.73. The van der Waals surface area contributed by atoms with Gasteiger partial charge in [-0.25, -0.2) is 4.79 Å². The van der Waals surface area contributed by atoms with Gasteiger partial charge in [0.15, 0.2) is 0 Å². The molecule has 3 rings (SSSR count). The van der Waals surface area contributed by atoms with Crippen molar-refractivity contribution in [1.29, 1.82) is 0 Å². The molecule has 3 aromatic rings. The van der Waals surface area contributed by atoms with Crippen LogP contribution < -0.4 is 5.32 Å². The summed E-state index contributed by atoms with van der Waals surface area (Å²) < 4.78 is 6.49. The first-order valence-corrected chi connectivity index (χ1v) is 8.92. The molecule has 1 heterocycles. The number of carbonyl (C=O) groups is 2. The number of amides is 1. The lowest BCUT2D eigenvalue weighted by Gasteiger charge is -2.11. The smallest absolute Gasteiger partial charge is 0.343 e. The van der Waals surface area contributed by atoms with Gasteiger partial charge in [0, 0.05) is 12.6 Å². The number of nitrogens with zero attached hydrogens (tertiary/aromatic N) is 2. The van der Waals surface area contributed by atoms with E-state index in [1.165, 1.54) is 10.9 Å². The van der Waals surface area contributed by atoms with E-state index < -0.39 is 5.97 Å². The molecule has 142 valence electrons. The number of hydrogen-bond acceptors (Lipinski definition) is 4. The van der Waals surface area contributed by atoms with Gasteiger partial charge in [-0.1, -0.05) is 60.7 Å². The van der Waals surface area contributed by atoms with Gasteiger partial charge in [0.2, 0.25) is 0 Å². The summed E-state index contributed by atoms with van der Waals surface area (Å²) in [6, 6.07) is 18.9. The topological polar surface area (TPSA) is 73.2 Å². The Hall–Kier alpha value is -3.67. The number of hydrogen-bond donors (Lipinski definition) is 1. The van der Waals surface area contributed by atoms with Crippen molar-refractivity contribution < 1.29 is 14.3 Å². The number of aromatic nitrogens is 2. The highest BCUT2D eigenvalue weighted by Crippen LogP contribution is 2.22. The average Bonchev–Trinajstić information content (AvgIpc) is 3.08. The lowest BCUT2D eigenvalue weighted by Crippen LogP contribution is -2.18. The minimum atomic E-state index is -0.529. The van der Waals surface area contributed by atoms with Crippen LogP contribution >= 0.6 is 0 Å². The molecule has 6 heteroatoms. The summed E-state index contributed by atoms with van der Waals surface area (Å²) in [6.07, 6.45) is 3.20. The molecule has 0 unspecified atom stereocenters. The molecule has 2 aromatic carbocycles. The molecule has 0 saturated heterocycles. The third-order valence-corrected chi connectivity index (χ3v) is 4.11. The molecule has 0 saturated carbocycles. The first-order chi connectivity index (χ1) is 13.6. The second kappa shape index (κ2) is 8.81. The van der Waals surface area contributed by atoms with Crippen molar-refractivity contribution >= 4 is 29.3 Å². The summed E-state index contributed by atoms with van der Waals surface area (Å²) in [5, 5.41) is 6.88. The van der Waals surface area contributed by atoms with E-state index in [0.717, 1.165) is 11.1 Å². The third kappa shape index (κ3) is 4.35. The van der Waals surface area contributed by atoms with Crippen LogP contribution in [0.4, 0.5) is 5.82 Å². The Bertz CT molecular complexity index is 992. The van der Waals surface area contributed by atoms with Gasteiger partial charge in [0.05, 0.1) is 12.8 Å². The molecule has 0 spiro atoms. The minimum absolute atomic E-state index is 0.213. The number of ether oxygens (including phenoxy) is 1. The van der Waals surface area contributed by atoms with Gasteiger partial charge in [0.1, 0.15) is 11.4 Å². The maximum absolute atomic E-state index is 13.1. The summed E-state index contributed by atoms with van der Waals surface area (Å²) in [5.41, 5.74) is 2.35. The van der Waals surface area contributed by atoms with Crippen LogP contribution in [-0.4, -0.2) is 28.3 Å². The molecule has 0 aliphatic heterocycles. The Kier molecular flexibility index (Phi) is 6.01. The maximum Gasteiger partial charge on any atom is 0.343 e. The van der Waals surface area contributed by atoms with Crippen molar-refractivity contribution in [2.75, 3.05) is 11.9 Å². The van der Waals surface area contributed by atoms with Crippen LogP contribution in [0.3, 0.4) is 0 Å². The van der Waals surface area contributed by atoms with E-state index >= 15 is 0 Å². The van der Waals surface area contributed by atoms with E-state index in [9.17, 15) is 9.59 Å². The molecular weight excluding hydrogens is 354 g/mol. The predicted molar refractivity (Wildman–Crippen MR) is 109 cm³/mol. The molecule has 1 amide bonds. The Balaban J connectivity index is 1.97. The highest BCUT2D eigenvalue weighted by atomic mass is 16.5. The van der Waals surface area contributed by atoms with Gasteiger partial charge in [-0.3, -0.25) is 9.48 Å². The van der Waals surface area contributed by atoms with Crippen molar-refractivity contribution in [3.05, 3.63) is 83.6 Å². The van der Waals surface area contributed by atoms with E-state index in [4.69, 9.17) is 4.74 Å². The van der Waals surface area contributed by atoms with Crippen molar-refractivity contribution in [1.82, 2.24) is 9.78 Å². The van der Waals surface area contributed by atoms with Crippen molar-refractivity contribution in [3.63, 3.8) is 0 Å². The molecule has 0 fully saturated rings. The van der Waals surface area contributed by atoms with Crippen LogP contribution in [-0.2, 0) is 16.6 Å². The number of aryl methyl sites for hydroxylation is 1. The molecule has 0 bridgehead atoms. The summed E-state index contributed by atoms with van der Waals surface area (Å²) in [7, 11) is 1.65. The van der Waals surface area contributed by atoms with Gasteiger partial charge in [-0.2, -0.15) is 5.10 Å². The number of carbonyl (C=O) groups excluding carboxylic acids is 2. The average molecular weight is 375 g/mol. The van der Waals surface area contributed by atoms with Crippen LogP contribution in [0.15, 0.2) is 66.9 Å². The molecular formula is C22H21N3O3. The Morgan fingerprint density at radius 1 is 1.07 bits per heavy atom. The van der Waals surface area contributed by atoms with Gasteiger partial charge < -0.3 is 10.1 Å². The highest BCUT2D eigenvalue weighted by molar-refractivity contribution is 6.29. The molecule has 0 aliphatic carbocycles. The SMILES string of the molecule is CCOC(=O)c1cnn(C)c1NC(=O)/C(=C\c1ccccc1)c1ccccc1. The summed E-state index contributed by atoms with van der Waals surface area (Å²) in [5.74, 6) is -0.582. The van der Waals surface area contributed by atoms with Crippen LogP contribution in [0.5, 0.6) is 0 Å². The molecule has 0 radical (unpaired) electrons. The molecule has 0 aliphatic rings. The van der Waals surface area contributed by atoms with Crippen LogP contribution in [0.1, 0.15) is 28.4 Å². The van der Waals surface area contributed by atoms with Gasteiger partial charge in [-0.05, 0) is 24.1 Å². The fraction of sp³-hybridized carbons (Fsp3) is 0.136. The number of benzene rings is 2. The highest BCUT2D eigenvalue weighted by Gasteiger charge is 2.21. The zero-order chi connectivity index (χ0) is 19.9. The van der Waals surface area contributed by atoms with Crippen LogP contribution in [0, 0.1) is 0 Å². The monoisotopic (exact) mass is 375 g/mol. The molecule has 1 aromatic heterocycles. The Morgan fingerprint density at radius 2 is 1.71 bits per heavy atom. The van der Waals surface area contributed by atoms with E-state index in [2.05, 4.69) is 10.4 Å². The zero-order valence-electron chi connectivity index (χ0n) is 15.8. The molecule has 0 atom stereocenters. The number of esters is 1. The Morgan fingerprint density at radius 3 is 2.36 bits per heavy atom. The fourth-order valence-corrected chi connectivity index (χ4v) is 2.73. The number of anilines is 1. The van der Waals surface area contributed by atoms with E-state index in [0.29, 0.717) is 11.4 Å². The largest absolute Gasteiger partial charge is 0.462 e. The zero-order valence-corrected chi connectivity index (χ0v) is 15.8. The summed E-state index contributed by atoms with van der Waals surface area (Å²) >= 11 is 0. The molecule has 6 nitrogen and oxygen atoms in total. The van der Waals surface area contributed by atoms with Gasteiger partial charge >= 0.3 is 5.97 Å². The lowest BCUT2D eigenvalue weighted by atomic mass is 10.0. The Labute approximate surface area is 163 Å². The molecule has 28 heavy (non-hydrogen) atoms. The second-order valence-corrected chi connectivity index (χ2v) is 6.04. The van der Waals surface area contributed by atoms with Gasteiger partial charge in [-0.15, -0.1) is 0 Å².